The van der Waals surface area contributed by atoms with Crippen LogP contribution in [0.15, 0.2) is 24.3 Å². The van der Waals surface area contributed by atoms with Gasteiger partial charge in [-0.25, -0.2) is 0 Å². The molecule has 1 saturated carbocycles. The number of aliphatic hydroxyl groups excluding tert-OH is 1. The van der Waals surface area contributed by atoms with E-state index < -0.39 is 6.10 Å². The van der Waals surface area contributed by atoms with Gasteiger partial charge in [-0.1, -0.05) is 26.2 Å². The molecule has 0 amide bonds. The minimum atomic E-state index is -0.501. The van der Waals surface area contributed by atoms with Gasteiger partial charge in [0.25, 0.3) is 0 Å². The number of ether oxygens (including phenoxy) is 1. The first-order valence-corrected chi connectivity index (χ1v) is 8.74. The zero-order valence-corrected chi connectivity index (χ0v) is 15.6. The minimum absolute atomic E-state index is 0. The molecule has 1 fully saturated rings. The van der Waals surface area contributed by atoms with Crippen molar-refractivity contribution in [1.82, 2.24) is 4.90 Å². The quantitative estimate of drug-likeness (QED) is 0.722. The third-order valence-electron chi connectivity index (χ3n) is 4.64. The summed E-state index contributed by atoms with van der Waals surface area (Å²) >= 11 is 0. The number of Topliss-reactive ketones (excluding diaryl/α,β-unsaturated/α-hetero) is 1. The Hall–Kier alpha value is -1.10. The maximum absolute atomic E-state index is 11.6. The number of carbonyl (C=O) groups excluding carboxylic acids is 1. The van der Waals surface area contributed by atoms with Crippen LogP contribution in [0.3, 0.4) is 0 Å². The molecule has 0 bridgehead atoms. The first-order valence-electron chi connectivity index (χ1n) is 8.74. The van der Waals surface area contributed by atoms with Crippen LogP contribution in [0.2, 0.25) is 0 Å². The number of hydrogen-bond acceptors (Lipinski definition) is 4. The molecule has 1 aromatic rings. The number of ketones is 1. The van der Waals surface area contributed by atoms with Gasteiger partial charge in [-0.2, -0.15) is 0 Å². The maximum Gasteiger partial charge on any atom is 0.162 e. The van der Waals surface area contributed by atoms with Gasteiger partial charge in [-0.3, -0.25) is 4.79 Å². The van der Waals surface area contributed by atoms with Crippen molar-refractivity contribution in [3.8, 4) is 5.75 Å². The lowest BCUT2D eigenvalue weighted by Crippen LogP contribution is -2.40. The summed E-state index contributed by atoms with van der Waals surface area (Å²) in [6.45, 7) is 2.77. The maximum atomic E-state index is 11.6. The van der Waals surface area contributed by atoms with Crippen molar-refractivity contribution in [3.05, 3.63) is 29.8 Å². The fourth-order valence-electron chi connectivity index (χ4n) is 3.19. The van der Waals surface area contributed by atoms with Crippen LogP contribution in [0, 0.1) is 0 Å². The van der Waals surface area contributed by atoms with Gasteiger partial charge in [0, 0.05) is 24.6 Å². The molecule has 0 heterocycles. The van der Waals surface area contributed by atoms with E-state index in [1.807, 2.05) is 6.92 Å². The molecular formula is C19H30ClNO3. The van der Waals surface area contributed by atoms with Gasteiger partial charge in [0.15, 0.2) is 5.78 Å². The van der Waals surface area contributed by atoms with E-state index in [1.54, 1.807) is 24.3 Å². The van der Waals surface area contributed by atoms with Crippen molar-refractivity contribution in [3.63, 3.8) is 0 Å². The lowest BCUT2D eigenvalue weighted by molar-refractivity contribution is 0.0561. The molecule has 5 heteroatoms. The van der Waals surface area contributed by atoms with Gasteiger partial charge in [0.1, 0.15) is 18.5 Å². The van der Waals surface area contributed by atoms with Crippen molar-refractivity contribution in [2.24, 2.45) is 0 Å². The van der Waals surface area contributed by atoms with E-state index >= 15 is 0 Å². The topological polar surface area (TPSA) is 49.8 Å². The Kier molecular flexibility index (Phi) is 9.34. The second-order valence-corrected chi connectivity index (χ2v) is 6.50. The number of nitrogens with zero attached hydrogens (tertiary/aromatic N) is 1. The van der Waals surface area contributed by atoms with Gasteiger partial charge in [-0.05, 0) is 44.2 Å². The molecule has 1 aliphatic rings. The van der Waals surface area contributed by atoms with Gasteiger partial charge in [0.05, 0.1) is 0 Å². The Morgan fingerprint density at radius 3 is 2.46 bits per heavy atom. The van der Waals surface area contributed by atoms with Crippen molar-refractivity contribution in [1.29, 1.82) is 0 Å². The third-order valence-corrected chi connectivity index (χ3v) is 4.64. The van der Waals surface area contributed by atoms with Crippen molar-refractivity contribution in [2.45, 2.75) is 57.6 Å². The third kappa shape index (κ3) is 6.42. The molecule has 1 aromatic carbocycles. The zero-order chi connectivity index (χ0) is 16.7. The number of aliphatic hydroxyl groups is 1. The summed E-state index contributed by atoms with van der Waals surface area (Å²) in [4.78, 5) is 13.8. The largest absolute Gasteiger partial charge is 0.491 e. The minimum Gasteiger partial charge on any atom is -0.491 e. The van der Waals surface area contributed by atoms with E-state index in [-0.39, 0.29) is 24.8 Å². The molecule has 136 valence electrons. The number of halogens is 1. The molecule has 4 nitrogen and oxygen atoms in total. The summed E-state index contributed by atoms with van der Waals surface area (Å²) in [6, 6.07) is 7.74. The van der Waals surface area contributed by atoms with Crippen LogP contribution in [0.25, 0.3) is 0 Å². The molecule has 2 rings (SSSR count). The first kappa shape index (κ1) is 20.9. The highest BCUT2D eigenvalue weighted by Gasteiger charge is 2.20. The van der Waals surface area contributed by atoms with E-state index in [0.717, 1.165) is 0 Å². The number of carbonyl (C=O) groups is 1. The van der Waals surface area contributed by atoms with Gasteiger partial charge in [-0.15, -0.1) is 12.4 Å². The Bertz CT molecular complexity index is 486. The summed E-state index contributed by atoms with van der Waals surface area (Å²) in [7, 11) is 2.09. The summed E-state index contributed by atoms with van der Waals surface area (Å²) in [6.07, 6.45) is 6.40. The van der Waals surface area contributed by atoms with Gasteiger partial charge >= 0.3 is 0 Å². The average Bonchev–Trinajstić information content (AvgIpc) is 2.60. The zero-order valence-electron chi connectivity index (χ0n) is 14.7. The summed E-state index contributed by atoms with van der Waals surface area (Å²) in [5.41, 5.74) is 0.706. The SMILES string of the molecule is CCC(=O)c1ccc(OCC(O)CN(C)C2CCCCC2)cc1.Cl. The smallest absolute Gasteiger partial charge is 0.162 e. The van der Waals surface area contributed by atoms with Crippen molar-refractivity contribution < 1.29 is 14.6 Å². The van der Waals surface area contributed by atoms with Crippen LogP contribution in [0.5, 0.6) is 5.75 Å². The molecule has 0 spiro atoms. The Morgan fingerprint density at radius 2 is 1.88 bits per heavy atom. The molecule has 1 atom stereocenters. The van der Waals surface area contributed by atoms with Crippen LogP contribution in [0.4, 0.5) is 0 Å². The van der Waals surface area contributed by atoms with Gasteiger partial charge < -0.3 is 14.7 Å². The Balaban J connectivity index is 0.00000288. The van der Waals surface area contributed by atoms with Crippen LogP contribution >= 0.6 is 12.4 Å². The molecule has 24 heavy (non-hydrogen) atoms. The Labute approximate surface area is 151 Å². The second-order valence-electron chi connectivity index (χ2n) is 6.50. The number of likely N-dealkylation sites (N-methyl/N-ethyl adjacent to an activating group) is 1. The lowest BCUT2D eigenvalue weighted by Gasteiger charge is -2.32. The highest BCUT2D eigenvalue weighted by Crippen LogP contribution is 2.21. The summed E-state index contributed by atoms with van der Waals surface area (Å²) in [5, 5.41) is 10.2. The molecule has 0 radical (unpaired) electrons. The molecule has 1 unspecified atom stereocenters. The second kappa shape index (κ2) is 10.7. The fourth-order valence-corrected chi connectivity index (χ4v) is 3.19. The van der Waals surface area contributed by atoms with E-state index in [0.29, 0.717) is 30.3 Å². The van der Waals surface area contributed by atoms with Gasteiger partial charge in [0.2, 0.25) is 0 Å². The van der Waals surface area contributed by atoms with E-state index in [4.69, 9.17) is 4.74 Å². The first-order chi connectivity index (χ1) is 11.1. The Morgan fingerprint density at radius 1 is 1.25 bits per heavy atom. The highest BCUT2D eigenvalue weighted by molar-refractivity contribution is 5.95. The predicted molar refractivity (Wildman–Crippen MR) is 99.3 cm³/mol. The van der Waals surface area contributed by atoms with Crippen LogP contribution < -0.4 is 4.74 Å². The van der Waals surface area contributed by atoms with Crippen molar-refractivity contribution in [2.75, 3.05) is 20.2 Å². The van der Waals surface area contributed by atoms with Crippen LogP contribution in [0.1, 0.15) is 55.8 Å². The molecular weight excluding hydrogens is 326 g/mol. The molecule has 0 aliphatic heterocycles. The van der Waals surface area contributed by atoms with E-state index in [1.165, 1.54) is 32.1 Å². The molecule has 0 aromatic heterocycles. The highest BCUT2D eigenvalue weighted by atomic mass is 35.5. The predicted octanol–water partition coefficient (Wildman–Crippen LogP) is 3.71. The molecule has 0 saturated heterocycles. The monoisotopic (exact) mass is 355 g/mol. The van der Waals surface area contributed by atoms with E-state index in [9.17, 15) is 9.90 Å². The molecule has 1 aliphatic carbocycles. The summed E-state index contributed by atoms with van der Waals surface area (Å²) < 4.78 is 5.64. The van der Waals surface area contributed by atoms with Crippen LogP contribution in [-0.2, 0) is 0 Å². The number of benzene rings is 1. The van der Waals surface area contributed by atoms with E-state index in [2.05, 4.69) is 11.9 Å². The number of rotatable bonds is 8. The van der Waals surface area contributed by atoms with Crippen LogP contribution in [-0.4, -0.2) is 48.1 Å². The number of hydrogen-bond donors (Lipinski definition) is 1. The van der Waals surface area contributed by atoms with Crippen molar-refractivity contribution >= 4 is 18.2 Å². The summed E-state index contributed by atoms with van der Waals surface area (Å²) in [5.74, 6) is 0.822. The standard InChI is InChI=1S/C19H29NO3.ClH/c1-3-19(22)15-9-11-18(12-10-15)23-14-17(21)13-20(2)16-7-5-4-6-8-16;/h9-12,16-17,21H,3-8,13-14H2,1-2H3;1H. The fraction of sp³-hybridized carbons (Fsp3) is 0.632. The lowest BCUT2D eigenvalue weighted by atomic mass is 9.94. The normalized spacial score (nSPS) is 16.5. The average molecular weight is 356 g/mol. The molecule has 1 N–H and O–H groups in total.